The van der Waals surface area contributed by atoms with Gasteiger partial charge in [-0.25, -0.2) is 4.98 Å². The van der Waals surface area contributed by atoms with Crippen LogP contribution in [0.3, 0.4) is 0 Å². The number of rotatable bonds is 6. The maximum Gasteiger partial charge on any atom is 0.184 e. The number of hydrogen-bond acceptors (Lipinski definition) is 5. The molecule has 0 aliphatic carbocycles. The Bertz CT molecular complexity index is 1050. The standard InChI is InChI=1S/C22H21N3OS/c1-3-26-19-6-4-5-17(13-19)15(2)24-22-25-20-8-7-18(14-21(20)27-22)16-9-11-23-12-10-16/h4-15H,3H2,1-2H3,(H,24,25)/t15-/m1/s1. The highest BCUT2D eigenvalue weighted by molar-refractivity contribution is 7.22. The molecule has 4 rings (SSSR count). The molecule has 4 nitrogen and oxygen atoms in total. The number of pyridine rings is 1. The molecule has 5 heteroatoms. The van der Waals surface area contributed by atoms with Crippen LogP contribution < -0.4 is 10.1 Å². The van der Waals surface area contributed by atoms with Gasteiger partial charge in [0.15, 0.2) is 5.13 Å². The van der Waals surface area contributed by atoms with Crippen LogP contribution in [0.4, 0.5) is 5.13 Å². The van der Waals surface area contributed by atoms with Crippen molar-refractivity contribution in [3.63, 3.8) is 0 Å². The lowest BCUT2D eigenvalue weighted by atomic mass is 10.1. The molecule has 0 saturated heterocycles. The molecule has 0 fully saturated rings. The monoisotopic (exact) mass is 375 g/mol. The van der Waals surface area contributed by atoms with Gasteiger partial charge in [-0.3, -0.25) is 4.98 Å². The van der Waals surface area contributed by atoms with Crippen molar-refractivity contribution in [2.75, 3.05) is 11.9 Å². The SMILES string of the molecule is CCOc1cccc([C@@H](C)Nc2nc3ccc(-c4ccncc4)cc3s2)c1. The van der Waals surface area contributed by atoms with Crippen LogP contribution in [0.5, 0.6) is 5.75 Å². The first-order valence-corrected chi connectivity index (χ1v) is 9.85. The molecule has 0 radical (unpaired) electrons. The Morgan fingerprint density at radius 2 is 1.89 bits per heavy atom. The first-order chi connectivity index (χ1) is 13.2. The van der Waals surface area contributed by atoms with Crippen LogP contribution in [0.15, 0.2) is 67.0 Å². The van der Waals surface area contributed by atoms with Crippen molar-refractivity contribution in [3.05, 3.63) is 72.6 Å². The van der Waals surface area contributed by atoms with Crippen LogP contribution >= 0.6 is 11.3 Å². The average Bonchev–Trinajstić information content (AvgIpc) is 3.10. The second-order valence-electron chi connectivity index (χ2n) is 6.31. The Morgan fingerprint density at radius 3 is 2.70 bits per heavy atom. The lowest BCUT2D eigenvalue weighted by Crippen LogP contribution is -2.06. The molecule has 1 atom stereocenters. The van der Waals surface area contributed by atoms with Gasteiger partial charge in [-0.1, -0.05) is 29.5 Å². The van der Waals surface area contributed by atoms with Crippen molar-refractivity contribution in [3.8, 4) is 16.9 Å². The van der Waals surface area contributed by atoms with Crippen molar-refractivity contribution >= 4 is 26.7 Å². The molecule has 0 bridgehead atoms. The highest BCUT2D eigenvalue weighted by Crippen LogP contribution is 2.32. The summed E-state index contributed by atoms with van der Waals surface area (Å²) in [6, 6.07) is 18.8. The number of anilines is 1. The Balaban J connectivity index is 1.56. The molecule has 4 aromatic rings. The normalized spacial score (nSPS) is 12.1. The number of nitrogens with one attached hydrogen (secondary N) is 1. The minimum absolute atomic E-state index is 0.144. The Morgan fingerprint density at radius 1 is 1.04 bits per heavy atom. The summed E-state index contributed by atoms with van der Waals surface area (Å²) in [4.78, 5) is 8.82. The fraction of sp³-hybridized carbons (Fsp3) is 0.182. The van der Waals surface area contributed by atoms with E-state index >= 15 is 0 Å². The fourth-order valence-electron chi connectivity index (χ4n) is 3.02. The van der Waals surface area contributed by atoms with Crippen LogP contribution in [-0.4, -0.2) is 16.6 Å². The molecule has 0 saturated carbocycles. The second-order valence-corrected chi connectivity index (χ2v) is 7.34. The van der Waals surface area contributed by atoms with Gasteiger partial charge in [0.25, 0.3) is 0 Å². The predicted octanol–water partition coefficient (Wildman–Crippen LogP) is 5.93. The molecule has 1 N–H and O–H groups in total. The smallest absolute Gasteiger partial charge is 0.184 e. The van der Waals surface area contributed by atoms with Crippen molar-refractivity contribution in [1.29, 1.82) is 0 Å². The van der Waals surface area contributed by atoms with E-state index in [-0.39, 0.29) is 6.04 Å². The van der Waals surface area contributed by atoms with Gasteiger partial charge in [-0.15, -0.1) is 0 Å². The van der Waals surface area contributed by atoms with Crippen molar-refractivity contribution in [1.82, 2.24) is 9.97 Å². The number of hydrogen-bond donors (Lipinski definition) is 1. The summed E-state index contributed by atoms with van der Waals surface area (Å²) in [5.41, 5.74) is 4.53. The van der Waals surface area contributed by atoms with Crippen molar-refractivity contribution in [2.45, 2.75) is 19.9 Å². The van der Waals surface area contributed by atoms with E-state index in [1.165, 1.54) is 15.8 Å². The van der Waals surface area contributed by atoms with E-state index in [0.29, 0.717) is 6.61 Å². The van der Waals surface area contributed by atoms with Gasteiger partial charge in [0.2, 0.25) is 0 Å². The Labute approximate surface area is 162 Å². The summed E-state index contributed by atoms with van der Waals surface area (Å²) >= 11 is 1.67. The third-order valence-electron chi connectivity index (χ3n) is 4.41. The molecule has 2 aromatic carbocycles. The van der Waals surface area contributed by atoms with Gasteiger partial charge in [0.1, 0.15) is 5.75 Å². The second kappa shape index (κ2) is 7.76. The highest BCUT2D eigenvalue weighted by atomic mass is 32.1. The van der Waals surface area contributed by atoms with Gasteiger partial charge in [-0.05, 0) is 66.9 Å². The summed E-state index contributed by atoms with van der Waals surface area (Å²) in [5, 5.41) is 4.44. The topological polar surface area (TPSA) is 47.0 Å². The zero-order valence-corrected chi connectivity index (χ0v) is 16.2. The fourth-order valence-corrected chi connectivity index (χ4v) is 4.01. The summed E-state index contributed by atoms with van der Waals surface area (Å²) in [5.74, 6) is 0.898. The van der Waals surface area contributed by atoms with Gasteiger partial charge >= 0.3 is 0 Å². The van der Waals surface area contributed by atoms with E-state index in [2.05, 4.69) is 47.6 Å². The van der Waals surface area contributed by atoms with Crippen molar-refractivity contribution in [2.24, 2.45) is 0 Å². The Kier molecular flexibility index (Phi) is 5.03. The van der Waals surface area contributed by atoms with E-state index in [1.807, 2.05) is 43.6 Å². The molecule has 2 heterocycles. The number of aromatic nitrogens is 2. The number of ether oxygens (including phenoxy) is 1. The van der Waals surface area contributed by atoms with Gasteiger partial charge in [-0.2, -0.15) is 0 Å². The number of benzene rings is 2. The minimum Gasteiger partial charge on any atom is -0.494 e. The van der Waals surface area contributed by atoms with Gasteiger partial charge < -0.3 is 10.1 Å². The molecule has 0 unspecified atom stereocenters. The molecule has 0 spiro atoms. The predicted molar refractivity (Wildman–Crippen MR) is 112 cm³/mol. The van der Waals surface area contributed by atoms with E-state index in [1.54, 1.807) is 11.3 Å². The molecule has 2 aromatic heterocycles. The summed E-state index contributed by atoms with van der Waals surface area (Å²) in [6.45, 7) is 4.80. The molecule has 27 heavy (non-hydrogen) atoms. The van der Waals surface area contributed by atoms with Crippen molar-refractivity contribution < 1.29 is 4.74 Å². The molecule has 136 valence electrons. The maximum atomic E-state index is 5.60. The first-order valence-electron chi connectivity index (χ1n) is 9.03. The Hall–Kier alpha value is -2.92. The third kappa shape index (κ3) is 3.93. The van der Waals surface area contributed by atoms with Crippen LogP contribution in [0, 0.1) is 0 Å². The third-order valence-corrected chi connectivity index (χ3v) is 5.36. The lowest BCUT2D eigenvalue weighted by molar-refractivity contribution is 0.340. The summed E-state index contributed by atoms with van der Waals surface area (Å²) < 4.78 is 6.77. The van der Waals surface area contributed by atoms with Gasteiger partial charge in [0.05, 0.1) is 22.9 Å². The molecule has 0 amide bonds. The molecule has 0 aliphatic rings. The summed E-state index contributed by atoms with van der Waals surface area (Å²) in [7, 11) is 0. The quantitative estimate of drug-likeness (QED) is 0.454. The van der Waals surface area contributed by atoms with Crippen LogP contribution in [-0.2, 0) is 0 Å². The number of thiazole rings is 1. The summed E-state index contributed by atoms with van der Waals surface area (Å²) in [6.07, 6.45) is 3.63. The first kappa shape index (κ1) is 17.5. The minimum atomic E-state index is 0.144. The van der Waals surface area contributed by atoms with Gasteiger partial charge in [0, 0.05) is 12.4 Å². The van der Waals surface area contributed by atoms with Crippen LogP contribution in [0.1, 0.15) is 25.5 Å². The number of nitrogens with zero attached hydrogens (tertiary/aromatic N) is 2. The largest absolute Gasteiger partial charge is 0.494 e. The molecular formula is C22H21N3OS. The zero-order valence-electron chi connectivity index (χ0n) is 15.3. The molecular weight excluding hydrogens is 354 g/mol. The van der Waals surface area contributed by atoms with E-state index < -0.39 is 0 Å². The maximum absolute atomic E-state index is 5.60. The van der Waals surface area contributed by atoms with E-state index in [9.17, 15) is 0 Å². The van der Waals surface area contributed by atoms with E-state index in [0.717, 1.165) is 22.0 Å². The average molecular weight is 375 g/mol. The van der Waals surface area contributed by atoms with Crippen LogP contribution in [0.2, 0.25) is 0 Å². The highest BCUT2D eigenvalue weighted by Gasteiger charge is 2.11. The molecule has 0 aliphatic heterocycles. The van der Waals surface area contributed by atoms with Crippen LogP contribution in [0.25, 0.3) is 21.3 Å². The zero-order chi connectivity index (χ0) is 18.6. The number of fused-ring (bicyclic) bond motifs is 1. The van der Waals surface area contributed by atoms with E-state index in [4.69, 9.17) is 9.72 Å². The lowest BCUT2D eigenvalue weighted by Gasteiger charge is -2.14.